The Bertz CT molecular complexity index is 415. The van der Waals surface area contributed by atoms with E-state index < -0.39 is 0 Å². The van der Waals surface area contributed by atoms with Crippen LogP contribution in [-0.4, -0.2) is 24.1 Å². The molecule has 1 aromatic carbocycles. The molecule has 0 saturated carbocycles. The Morgan fingerprint density at radius 1 is 1.33 bits per heavy atom. The topological polar surface area (TPSA) is 61.8 Å². The molecule has 0 amide bonds. The number of benzene rings is 1. The smallest absolute Gasteiger partial charge is 0.173 e. The number of nitrogens with two attached hydrogens (primary N) is 1. The summed E-state index contributed by atoms with van der Waals surface area (Å²) < 4.78 is 0.840. The summed E-state index contributed by atoms with van der Waals surface area (Å²) in [6.07, 6.45) is 2.12. The fourth-order valence-corrected chi connectivity index (χ4v) is 2.53. The SMILES string of the molecule is CCCN(CCC)c1cccc(Br)c1/C(N)=N/O. The lowest BCUT2D eigenvalue weighted by Crippen LogP contribution is -2.28. The molecule has 0 aliphatic rings. The molecular weight excluding hydrogens is 294 g/mol. The molecule has 5 heteroatoms. The van der Waals surface area contributed by atoms with Gasteiger partial charge in [-0.15, -0.1) is 0 Å². The molecule has 0 radical (unpaired) electrons. The molecule has 0 aliphatic heterocycles. The first-order valence-electron chi connectivity index (χ1n) is 6.17. The lowest BCUT2D eigenvalue weighted by atomic mass is 10.1. The van der Waals surface area contributed by atoms with E-state index in [-0.39, 0.29) is 5.84 Å². The molecule has 0 bridgehead atoms. The first-order valence-corrected chi connectivity index (χ1v) is 6.96. The predicted octanol–water partition coefficient (Wildman–Crippen LogP) is 3.17. The molecule has 1 rings (SSSR count). The minimum Gasteiger partial charge on any atom is -0.409 e. The Morgan fingerprint density at radius 2 is 1.94 bits per heavy atom. The monoisotopic (exact) mass is 313 g/mol. The zero-order valence-corrected chi connectivity index (χ0v) is 12.4. The van der Waals surface area contributed by atoms with Gasteiger partial charge in [0.2, 0.25) is 0 Å². The number of hydrogen-bond acceptors (Lipinski definition) is 3. The minimum absolute atomic E-state index is 0.134. The van der Waals surface area contributed by atoms with Crippen LogP contribution in [-0.2, 0) is 0 Å². The summed E-state index contributed by atoms with van der Waals surface area (Å²) in [6.45, 7) is 6.19. The molecule has 0 saturated heterocycles. The van der Waals surface area contributed by atoms with Gasteiger partial charge in [-0.25, -0.2) is 0 Å². The highest BCUT2D eigenvalue weighted by atomic mass is 79.9. The van der Waals surface area contributed by atoms with Crippen molar-refractivity contribution in [2.45, 2.75) is 26.7 Å². The maximum absolute atomic E-state index is 8.90. The Balaban J connectivity index is 3.24. The molecule has 0 heterocycles. The molecule has 0 fully saturated rings. The van der Waals surface area contributed by atoms with Crippen LogP contribution >= 0.6 is 15.9 Å². The van der Waals surface area contributed by atoms with Crippen LogP contribution in [0.3, 0.4) is 0 Å². The summed E-state index contributed by atoms with van der Waals surface area (Å²) in [5.74, 6) is 0.134. The van der Waals surface area contributed by atoms with Crippen molar-refractivity contribution in [2.24, 2.45) is 10.9 Å². The molecule has 4 nitrogen and oxygen atoms in total. The van der Waals surface area contributed by atoms with Gasteiger partial charge >= 0.3 is 0 Å². The lowest BCUT2D eigenvalue weighted by Gasteiger charge is -2.26. The second-order valence-electron chi connectivity index (χ2n) is 4.11. The molecule has 1 aromatic rings. The molecular formula is C13H20BrN3O. The van der Waals surface area contributed by atoms with E-state index in [1.807, 2.05) is 18.2 Å². The number of oxime groups is 1. The van der Waals surface area contributed by atoms with Crippen LogP contribution < -0.4 is 10.6 Å². The van der Waals surface area contributed by atoms with Gasteiger partial charge < -0.3 is 15.8 Å². The first-order chi connectivity index (χ1) is 8.65. The summed E-state index contributed by atoms with van der Waals surface area (Å²) in [5, 5.41) is 12.0. The highest BCUT2D eigenvalue weighted by Gasteiger charge is 2.15. The van der Waals surface area contributed by atoms with E-state index >= 15 is 0 Å². The van der Waals surface area contributed by atoms with Crippen molar-refractivity contribution in [2.75, 3.05) is 18.0 Å². The second-order valence-corrected chi connectivity index (χ2v) is 4.96. The van der Waals surface area contributed by atoms with Gasteiger partial charge in [-0.1, -0.05) is 25.1 Å². The second kappa shape index (κ2) is 7.26. The average molecular weight is 314 g/mol. The van der Waals surface area contributed by atoms with Crippen LogP contribution in [0.25, 0.3) is 0 Å². The predicted molar refractivity (Wildman–Crippen MR) is 79.4 cm³/mol. The number of rotatable bonds is 6. The van der Waals surface area contributed by atoms with Crippen molar-refractivity contribution in [3.8, 4) is 0 Å². The molecule has 100 valence electrons. The Hall–Kier alpha value is -1.23. The van der Waals surface area contributed by atoms with Crippen molar-refractivity contribution >= 4 is 27.5 Å². The number of hydrogen-bond donors (Lipinski definition) is 2. The highest BCUT2D eigenvalue weighted by molar-refractivity contribution is 9.10. The van der Waals surface area contributed by atoms with Gasteiger partial charge in [0.1, 0.15) is 0 Å². The van der Waals surface area contributed by atoms with Gasteiger partial charge in [0.05, 0.1) is 5.56 Å². The number of anilines is 1. The fourth-order valence-electron chi connectivity index (χ4n) is 1.97. The third-order valence-electron chi connectivity index (χ3n) is 2.68. The van der Waals surface area contributed by atoms with E-state index in [9.17, 15) is 0 Å². The molecule has 0 aliphatic carbocycles. The van der Waals surface area contributed by atoms with Crippen LogP contribution in [0.2, 0.25) is 0 Å². The van der Waals surface area contributed by atoms with Gasteiger partial charge in [-0.2, -0.15) is 0 Å². The van der Waals surface area contributed by atoms with Gasteiger partial charge in [0, 0.05) is 23.2 Å². The van der Waals surface area contributed by atoms with E-state index in [4.69, 9.17) is 10.9 Å². The maximum atomic E-state index is 8.90. The zero-order chi connectivity index (χ0) is 13.5. The van der Waals surface area contributed by atoms with Crippen LogP contribution in [0, 0.1) is 0 Å². The van der Waals surface area contributed by atoms with E-state index in [1.165, 1.54) is 0 Å². The molecule has 18 heavy (non-hydrogen) atoms. The first kappa shape index (κ1) is 14.8. The third-order valence-corrected chi connectivity index (χ3v) is 3.34. The van der Waals surface area contributed by atoms with Crippen molar-refractivity contribution in [3.05, 3.63) is 28.2 Å². The van der Waals surface area contributed by atoms with Crippen LogP contribution in [0.15, 0.2) is 27.8 Å². The molecule has 0 atom stereocenters. The quantitative estimate of drug-likeness (QED) is 0.367. The van der Waals surface area contributed by atoms with Crippen molar-refractivity contribution in [1.29, 1.82) is 0 Å². The van der Waals surface area contributed by atoms with Gasteiger partial charge in [-0.3, -0.25) is 0 Å². The van der Waals surface area contributed by atoms with E-state index in [1.54, 1.807) is 0 Å². The molecule has 0 aromatic heterocycles. The third kappa shape index (κ3) is 3.38. The summed E-state index contributed by atoms with van der Waals surface area (Å²) >= 11 is 3.46. The largest absolute Gasteiger partial charge is 0.409 e. The average Bonchev–Trinajstić information content (AvgIpc) is 2.37. The normalized spacial score (nSPS) is 11.6. The van der Waals surface area contributed by atoms with E-state index in [0.717, 1.165) is 41.7 Å². The molecule has 0 unspecified atom stereocenters. The maximum Gasteiger partial charge on any atom is 0.173 e. The van der Waals surface area contributed by atoms with Crippen molar-refractivity contribution < 1.29 is 5.21 Å². The summed E-state index contributed by atoms with van der Waals surface area (Å²) in [7, 11) is 0. The minimum atomic E-state index is 0.134. The van der Waals surface area contributed by atoms with Crippen molar-refractivity contribution in [1.82, 2.24) is 0 Å². The number of nitrogens with zero attached hydrogens (tertiary/aromatic N) is 2. The van der Waals surface area contributed by atoms with Crippen LogP contribution in [0.5, 0.6) is 0 Å². The van der Waals surface area contributed by atoms with Crippen LogP contribution in [0.4, 0.5) is 5.69 Å². The van der Waals surface area contributed by atoms with Gasteiger partial charge in [0.15, 0.2) is 5.84 Å². The molecule has 0 spiro atoms. The van der Waals surface area contributed by atoms with Gasteiger partial charge in [-0.05, 0) is 40.9 Å². The van der Waals surface area contributed by atoms with Crippen molar-refractivity contribution in [3.63, 3.8) is 0 Å². The zero-order valence-electron chi connectivity index (χ0n) is 10.9. The standard InChI is InChI=1S/C13H20BrN3O/c1-3-8-17(9-4-2)11-7-5-6-10(14)12(11)13(15)16-18/h5-7,18H,3-4,8-9H2,1-2H3,(H2,15,16). The lowest BCUT2D eigenvalue weighted by molar-refractivity contribution is 0.318. The molecule has 3 N–H and O–H groups in total. The number of amidine groups is 1. The fraction of sp³-hybridized carbons (Fsp3) is 0.462. The highest BCUT2D eigenvalue weighted by Crippen LogP contribution is 2.28. The van der Waals surface area contributed by atoms with E-state index in [0.29, 0.717) is 0 Å². The summed E-state index contributed by atoms with van der Waals surface area (Å²) in [4.78, 5) is 2.26. The summed E-state index contributed by atoms with van der Waals surface area (Å²) in [5.41, 5.74) is 7.52. The Kier molecular flexibility index (Phi) is 5.98. The van der Waals surface area contributed by atoms with E-state index in [2.05, 4.69) is 39.8 Å². The van der Waals surface area contributed by atoms with Crippen LogP contribution in [0.1, 0.15) is 32.3 Å². The number of halogens is 1. The summed E-state index contributed by atoms with van der Waals surface area (Å²) in [6, 6.07) is 5.86. The Labute approximate surface area is 117 Å². The van der Waals surface area contributed by atoms with Gasteiger partial charge in [0.25, 0.3) is 0 Å². The Morgan fingerprint density at radius 3 is 2.44 bits per heavy atom.